The Morgan fingerprint density at radius 3 is 2.75 bits per heavy atom. The maximum atomic E-state index is 12.0. The number of aliphatic hydroxyl groups excluding tert-OH is 1. The van der Waals surface area contributed by atoms with Gasteiger partial charge in [-0.25, -0.2) is 0 Å². The molecule has 0 aliphatic rings. The molecule has 1 rings (SSSR count). The van der Waals surface area contributed by atoms with Crippen LogP contribution in [0.3, 0.4) is 0 Å². The molecule has 1 unspecified atom stereocenters. The first-order chi connectivity index (χ1) is 9.20. The first kappa shape index (κ1) is 16.6. The molecule has 0 fully saturated rings. The number of alkyl halides is 3. The normalized spacial score (nSPS) is 12.9. The Balaban J connectivity index is 2.42. The number of hydrogen-bond acceptors (Lipinski definition) is 3. The van der Waals surface area contributed by atoms with Gasteiger partial charge in [-0.2, -0.15) is 13.2 Å². The van der Waals surface area contributed by atoms with E-state index in [9.17, 15) is 18.0 Å². The van der Waals surface area contributed by atoms with Crippen LogP contribution in [0.2, 0.25) is 5.02 Å². The third-order valence-corrected chi connectivity index (χ3v) is 2.63. The highest BCUT2D eigenvalue weighted by molar-refractivity contribution is 6.32. The minimum Gasteiger partial charge on any atom is -0.482 e. The van der Waals surface area contributed by atoms with Crippen LogP contribution in [0.25, 0.3) is 0 Å². The van der Waals surface area contributed by atoms with Gasteiger partial charge in [0.1, 0.15) is 5.75 Å². The van der Waals surface area contributed by atoms with Crippen molar-refractivity contribution in [2.24, 2.45) is 0 Å². The van der Waals surface area contributed by atoms with Crippen molar-refractivity contribution in [3.05, 3.63) is 28.8 Å². The summed E-state index contributed by atoms with van der Waals surface area (Å²) in [6.07, 6.45) is -7.37. The fourth-order valence-corrected chi connectivity index (χ4v) is 1.41. The number of halogens is 4. The zero-order valence-electron chi connectivity index (χ0n) is 10.5. The maximum absolute atomic E-state index is 12.0. The second-order valence-electron chi connectivity index (χ2n) is 4.08. The van der Waals surface area contributed by atoms with Gasteiger partial charge < -0.3 is 15.2 Å². The van der Waals surface area contributed by atoms with Crippen LogP contribution in [-0.2, 0) is 4.79 Å². The molecule has 0 spiro atoms. The van der Waals surface area contributed by atoms with Crippen LogP contribution < -0.4 is 10.1 Å². The first-order valence-corrected chi connectivity index (χ1v) is 5.98. The maximum Gasteiger partial charge on any atom is 0.416 e. The van der Waals surface area contributed by atoms with Crippen LogP contribution >= 0.6 is 11.6 Å². The van der Waals surface area contributed by atoms with E-state index in [0.717, 1.165) is 5.56 Å². The monoisotopic (exact) mass is 311 g/mol. The Bertz CT molecular complexity index is 480. The Morgan fingerprint density at radius 1 is 1.50 bits per heavy atom. The number of aryl methyl sites for hydroxylation is 1. The summed E-state index contributed by atoms with van der Waals surface area (Å²) < 4.78 is 41.1. The van der Waals surface area contributed by atoms with Crippen molar-refractivity contribution in [2.75, 3.05) is 13.2 Å². The average molecular weight is 312 g/mol. The number of benzene rings is 1. The van der Waals surface area contributed by atoms with E-state index in [2.05, 4.69) is 0 Å². The molecule has 2 N–H and O–H groups in total. The Hall–Kier alpha value is -1.47. The molecule has 0 saturated heterocycles. The minimum absolute atomic E-state index is 0.262. The molecule has 0 aliphatic heterocycles. The standard InChI is InChI=1S/C12H13ClF3NO3/c1-7-2-3-8(13)9(4-7)20-6-11(19)17-5-10(18)12(14,15)16/h2-4,10,18H,5-6H2,1H3,(H,17,19). The number of ether oxygens (including phenoxy) is 1. The lowest BCUT2D eigenvalue weighted by Crippen LogP contribution is -2.42. The van der Waals surface area contributed by atoms with Crippen LogP contribution in [-0.4, -0.2) is 36.4 Å². The van der Waals surface area contributed by atoms with Gasteiger partial charge in [-0.3, -0.25) is 4.79 Å². The molecule has 4 nitrogen and oxygen atoms in total. The van der Waals surface area contributed by atoms with Gasteiger partial charge in [0.25, 0.3) is 5.91 Å². The minimum atomic E-state index is -4.77. The van der Waals surface area contributed by atoms with E-state index in [1.165, 1.54) is 0 Å². The van der Waals surface area contributed by atoms with Crippen LogP contribution in [0.1, 0.15) is 5.56 Å². The number of nitrogens with one attached hydrogen (secondary N) is 1. The number of carbonyl (C=O) groups is 1. The summed E-state index contributed by atoms with van der Waals surface area (Å²) in [7, 11) is 0. The van der Waals surface area contributed by atoms with Gasteiger partial charge in [0.15, 0.2) is 12.7 Å². The molecule has 0 aromatic heterocycles. The van der Waals surface area contributed by atoms with E-state index in [1.807, 2.05) is 5.32 Å². The van der Waals surface area contributed by atoms with E-state index in [-0.39, 0.29) is 5.75 Å². The summed E-state index contributed by atoms with van der Waals surface area (Å²) in [5.74, 6) is -0.524. The summed E-state index contributed by atoms with van der Waals surface area (Å²) in [5, 5.41) is 10.9. The molecule has 0 radical (unpaired) electrons. The predicted octanol–water partition coefficient (Wildman–Crippen LogP) is 2.07. The fraction of sp³-hybridized carbons (Fsp3) is 0.417. The molecule has 112 valence electrons. The Kier molecular flexibility index (Phi) is 5.64. The van der Waals surface area contributed by atoms with Crippen molar-refractivity contribution in [2.45, 2.75) is 19.2 Å². The summed E-state index contributed by atoms with van der Waals surface area (Å²) in [6, 6.07) is 4.92. The zero-order chi connectivity index (χ0) is 15.3. The summed E-state index contributed by atoms with van der Waals surface area (Å²) in [5.41, 5.74) is 0.859. The van der Waals surface area contributed by atoms with E-state index < -0.39 is 31.3 Å². The van der Waals surface area contributed by atoms with E-state index in [4.69, 9.17) is 21.4 Å². The van der Waals surface area contributed by atoms with Gasteiger partial charge in [-0.1, -0.05) is 17.7 Å². The van der Waals surface area contributed by atoms with Crippen LogP contribution in [0.15, 0.2) is 18.2 Å². The first-order valence-electron chi connectivity index (χ1n) is 5.60. The summed E-state index contributed by atoms with van der Waals surface area (Å²) >= 11 is 5.82. The van der Waals surface area contributed by atoms with Crippen LogP contribution in [0.5, 0.6) is 5.75 Å². The van der Waals surface area contributed by atoms with Crippen molar-refractivity contribution >= 4 is 17.5 Å². The third-order valence-electron chi connectivity index (χ3n) is 2.32. The molecule has 1 aromatic rings. The molecular weight excluding hydrogens is 299 g/mol. The second-order valence-corrected chi connectivity index (χ2v) is 4.49. The van der Waals surface area contributed by atoms with Gasteiger partial charge in [-0.15, -0.1) is 0 Å². The molecule has 0 heterocycles. The smallest absolute Gasteiger partial charge is 0.416 e. The van der Waals surface area contributed by atoms with Gasteiger partial charge >= 0.3 is 6.18 Å². The Labute approximate surface area is 118 Å². The topological polar surface area (TPSA) is 58.6 Å². The molecule has 0 bridgehead atoms. The highest BCUT2D eigenvalue weighted by Gasteiger charge is 2.38. The summed E-state index contributed by atoms with van der Waals surface area (Å²) in [4.78, 5) is 11.3. The van der Waals surface area contributed by atoms with Gasteiger partial charge in [-0.05, 0) is 24.6 Å². The molecule has 8 heteroatoms. The molecule has 0 saturated carbocycles. The largest absolute Gasteiger partial charge is 0.482 e. The number of amides is 1. The molecule has 0 aliphatic carbocycles. The molecule has 1 amide bonds. The fourth-order valence-electron chi connectivity index (χ4n) is 1.24. The lowest BCUT2D eigenvalue weighted by Gasteiger charge is -2.15. The summed E-state index contributed by atoms with van der Waals surface area (Å²) in [6.45, 7) is 0.379. The molecular formula is C12H13ClF3NO3. The lowest BCUT2D eigenvalue weighted by atomic mass is 10.2. The number of rotatable bonds is 5. The van der Waals surface area contributed by atoms with E-state index >= 15 is 0 Å². The highest BCUT2D eigenvalue weighted by atomic mass is 35.5. The highest BCUT2D eigenvalue weighted by Crippen LogP contribution is 2.25. The van der Waals surface area contributed by atoms with E-state index in [0.29, 0.717) is 5.02 Å². The zero-order valence-corrected chi connectivity index (χ0v) is 11.3. The van der Waals surface area contributed by atoms with Crippen molar-refractivity contribution in [3.8, 4) is 5.75 Å². The van der Waals surface area contributed by atoms with Gasteiger partial charge in [0.2, 0.25) is 0 Å². The van der Waals surface area contributed by atoms with Crippen molar-refractivity contribution in [1.82, 2.24) is 5.32 Å². The number of aliphatic hydroxyl groups is 1. The SMILES string of the molecule is Cc1ccc(Cl)c(OCC(=O)NCC(O)C(F)(F)F)c1. The average Bonchev–Trinajstić information content (AvgIpc) is 2.35. The predicted molar refractivity (Wildman–Crippen MR) is 66.8 cm³/mol. The van der Waals surface area contributed by atoms with Crippen molar-refractivity contribution in [3.63, 3.8) is 0 Å². The van der Waals surface area contributed by atoms with Crippen molar-refractivity contribution < 1.29 is 27.8 Å². The number of carbonyl (C=O) groups excluding carboxylic acids is 1. The van der Waals surface area contributed by atoms with Crippen LogP contribution in [0.4, 0.5) is 13.2 Å². The van der Waals surface area contributed by atoms with Crippen LogP contribution in [0, 0.1) is 6.92 Å². The van der Waals surface area contributed by atoms with E-state index in [1.54, 1.807) is 25.1 Å². The lowest BCUT2D eigenvalue weighted by molar-refractivity contribution is -0.201. The number of hydrogen-bond donors (Lipinski definition) is 2. The molecule has 20 heavy (non-hydrogen) atoms. The molecule has 1 atom stereocenters. The third kappa shape index (κ3) is 5.26. The molecule has 1 aromatic carbocycles. The Morgan fingerprint density at radius 2 is 2.15 bits per heavy atom. The van der Waals surface area contributed by atoms with Gasteiger partial charge in [0, 0.05) is 0 Å². The second kappa shape index (κ2) is 6.81. The van der Waals surface area contributed by atoms with Crippen molar-refractivity contribution in [1.29, 1.82) is 0 Å². The quantitative estimate of drug-likeness (QED) is 0.875. The van der Waals surface area contributed by atoms with Gasteiger partial charge in [0.05, 0.1) is 11.6 Å².